The molecule has 0 saturated carbocycles. The van der Waals surface area contributed by atoms with Gasteiger partial charge in [-0.1, -0.05) is 23.7 Å². The standard InChI is InChI=1S/C18H18ClN3O5/c1-21(2)16-8-7-14(22(25)26)9-15(16)18(24)27-11-17(23)20-10-12-3-5-13(19)6-4-12/h3-9H,10-11H2,1-2H3,(H,20,23). The van der Waals surface area contributed by atoms with E-state index in [1.54, 1.807) is 43.3 Å². The Morgan fingerprint density at radius 2 is 1.85 bits per heavy atom. The molecule has 0 heterocycles. The average molecular weight is 392 g/mol. The average Bonchev–Trinajstić information content (AvgIpc) is 2.64. The van der Waals surface area contributed by atoms with Crippen LogP contribution in [0.5, 0.6) is 0 Å². The third-order valence-electron chi connectivity index (χ3n) is 3.63. The molecule has 0 bridgehead atoms. The molecule has 8 nitrogen and oxygen atoms in total. The van der Waals surface area contributed by atoms with Gasteiger partial charge in [-0.25, -0.2) is 4.79 Å². The number of nitrogens with zero attached hydrogens (tertiary/aromatic N) is 2. The molecule has 0 unspecified atom stereocenters. The van der Waals surface area contributed by atoms with Gasteiger partial charge in [0.15, 0.2) is 6.61 Å². The second-order valence-electron chi connectivity index (χ2n) is 5.83. The molecule has 1 amide bonds. The number of non-ortho nitro benzene ring substituents is 1. The van der Waals surface area contributed by atoms with Crippen molar-refractivity contribution in [3.05, 3.63) is 68.7 Å². The van der Waals surface area contributed by atoms with Crippen LogP contribution in [-0.4, -0.2) is 37.5 Å². The number of ether oxygens (including phenoxy) is 1. The maximum Gasteiger partial charge on any atom is 0.341 e. The van der Waals surface area contributed by atoms with Gasteiger partial charge in [-0.2, -0.15) is 0 Å². The molecule has 0 saturated heterocycles. The smallest absolute Gasteiger partial charge is 0.341 e. The number of anilines is 1. The zero-order valence-electron chi connectivity index (χ0n) is 14.8. The highest BCUT2D eigenvalue weighted by Crippen LogP contribution is 2.24. The number of amides is 1. The van der Waals surface area contributed by atoms with Crippen LogP contribution in [0.3, 0.4) is 0 Å². The molecule has 9 heteroatoms. The zero-order chi connectivity index (χ0) is 20.0. The topological polar surface area (TPSA) is 102 Å². The van der Waals surface area contributed by atoms with Crippen LogP contribution in [0.2, 0.25) is 5.02 Å². The molecule has 0 fully saturated rings. The summed E-state index contributed by atoms with van der Waals surface area (Å²) in [6, 6.07) is 10.8. The fraction of sp³-hybridized carbons (Fsp3) is 0.222. The zero-order valence-corrected chi connectivity index (χ0v) is 15.5. The number of carbonyl (C=O) groups is 2. The van der Waals surface area contributed by atoms with Crippen LogP contribution in [0.25, 0.3) is 0 Å². The van der Waals surface area contributed by atoms with E-state index < -0.39 is 23.4 Å². The van der Waals surface area contributed by atoms with Crippen molar-refractivity contribution in [2.45, 2.75) is 6.54 Å². The van der Waals surface area contributed by atoms with Gasteiger partial charge in [0.25, 0.3) is 11.6 Å². The Labute approximate surface area is 160 Å². The minimum Gasteiger partial charge on any atom is -0.452 e. The molecule has 0 radical (unpaired) electrons. The molecule has 2 aromatic carbocycles. The SMILES string of the molecule is CN(C)c1ccc([N+](=O)[O-])cc1C(=O)OCC(=O)NCc1ccc(Cl)cc1. The molecule has 142 valence electrons. The normalized spacial score (nSPS) is 10.2. The number of carbonyl (C=O) groups excluding carboxylic acids is 2. The van der Waals surface area contributed by atoms with Gasteiger partial charge in [0.1, 0.15) is 0 Å². The van der Waals surface area contributed by atoms with E-state index in [2.05, 4.69) is 5.32 Å². The van der Waals surface area contributed by atoms with E-state index in [0.717, 1.165) is 11.6 Å². The third kappa shape index (κ3) is 5.68. The number of hydrogen-bond acceptors (Lipinski definition) is 6. The Kier molecular flexibility index (Phi) is 6.73. The van der Waals surface area contributed by atoms with Gasteiger partial charge in [-0.3, -0.25) is 14.9 Å². The Morgan fingerprint density at radius 1 is 1.19 bits per heavy atom. The first-order chi connectivity index (χ1) is 12.8. The minimum atomic E-state index is -0.816. The van der Waals surface area contributed by atoms with Crippen molar-refractivity contribution in [2.24, 2.45) is 0 Å². The minimum absolute atomic E-state index is 0.0136. The summed E-state index contributed by atoms with van der Waals surface area (Å²) in [5, 5.41) is 14.1. The lowest BCUT2D eigenvalue weighted by molar-refractivity contribution is -0.384. The maximum absolute atomic E-state index is 12.3. The van der Waals surface area contributed by atoms with Crippen molar-refractivity contribution in [3.63, 3.8) is 0 Å². The van der Waals surface area contributed by atoms with Crippen LogP contribution >= 0.6 is 11.6 Å². The molecular formula is C18H18ClN3O5. The van der Waals surface area contributed by atoms with E-state index in [0.29, 0.717) is 10.7 Å². The van der Waals surface area contributed by atoms with Crippen molar-refractivity contribution in [1.82, 2.24) is 5.32 Å². The van der Waals surface area contributed by atoms with E-state index in [4.69, 9.17) is 16.3 Å². The summed E-state index contributed by atoms with van der Waals surface area (Å²) in [4.78, 5) is 36.1. The monoisotopic (exact) mass is 391 g/mol. The number of rotatable bonds is 7. The van der Waals surface area contributed by atoms with Crippen molar-refractivity contribution in [2.75, 3.05) is 25.6 Å². The molecule has 0 aliphatic rings. The van der Waals surface area contributed by atoms with Gasteiger partial charge in [-0.05, 0) is 23.8 Å². The fourth-order valence-corrected chi connectivity index (χ4v) is 2.38. The van der Waals surface area contributed by atoms with Gasteiger partial charge in [0, 0.05) is 37.8 Å². The molecule has 1 N–H and O–H groups in total. The Hall–Kier alpha value is -3.13. The highest BCUT2D eigenvalue weighted by atomic mass is 35.5. The molecule has 0 spiro atoms. The first-order valence-corrected chi connectivity index (χ1v) is 8.29. The maximum atomic E-state index is 12.3. The lowest BCUT2D eigenvalue weighted by Gasteiger charge is -2.16. The molecule has 0 atom stereocenters. The molecule has 2 aromatic rings. The summed E-state index contributed by atoms with van der Waals surface area (Å²) in [6.07, 6.45) is 0. The summed E-state index contributed by atoms with van der Waals surface area (Å²) in [6.45, 7) is -0.241. The number of nitrogens with one attached hydrogen (secondary N) is 1. The largest absolute Gasteiger partial charge is 0.452 e. The lowest BCUT2D eigenvalue weighted by atomic mass is 10.1. The van der Waals surface area contributed by atoms with Crippen LogP contribution in [0.15, 0.2) is 42.5 Å². The summed E-state index contributed by atoms with van der Waals surface area (Å²) < 4.78 is 5.00. The number of benzene rings is 2. The molecule has 0 aliphatic carbocycles. The van der Waals surface area contributed by atoms with Crippen LogP contribution in [0, 0.1) is 10.1 Å². The molecule has 27 heavy (non-hydrogen) atoms. The first-order valence-electron chi connectivity index (χ1n) is 7.92. The van der Waals surface area contributed by atoms with E-state index in [9.17, 15) is 19.7 Å². The quantitative estimate of drug-likeness (QED) is 0.442. The Bertz CT molecular complexity index is 853. The summed E-state index contributed by atoms with van der Waals surface area (Å²) in [5.74, 6) is -1.31. The van der Waals surface area contributed by atoms with Crippen molar-refractivity contribution in [1.29, 1.82) is 0 Å². The highest BCUT2D eigenvalue weighted by Gasteiger charge is 2.20. The van der Waals surface area contributed by atoms with Gasteiger partial charge in [0.05, 0.1) is 16.2 Å². The van der Waals surface area contributed by atoms with Crippen LogP contribution in [-0.2, 0) is 16.1 Å². The number of esters is 1. The predicted octanol–water partition coefficient (Wildman–Crippen LogP) is 2.79. The summed E-state index contributed by atoms with van der Waals surface area (Å²) in [5.41, 5.74) is 1.07. The highest BCUT2D eigenvalue weighted by molar-refractivity contribution is 6.30. The van der Waals surface area contributed by atoms with Crippen LogP contribution < -0.4 is 10.2 Å². The molecule has 0 aliphatic heterocycles. The van der Waals surface area contributed by atoms with E-state index in [1.807, 2.05) is 0 Å². The Balaban J connectivity index is 1.98. The summed E-state index contributed by atoms with van der Waals surface area (Å²) >= 11 is 5.79. The van der Waals surface area contributed by atoms with Gasteiger partial charge in [0.2, 0.25) is 0 Å². The lowest BCUT2D eigenvalue weighted by Crippen LogP contribution is -2.28. The van der Waals surface area contributed by atoms with Crippen LogP contribution in [0.1, 0.15) is 15.9 Å². The number of hydrogen-bond donors (Lipinski definition) is 1. The van der Waals surface area contributed by atoms with E-state index in [1.165, 1.54) is 12.1 Å². The molecule has 2 rings (SSSR count). The van der Waals surface area contributed by atoms with Gasteiger partial charge < -0.3 is 15.0 Å². The van der Waals surface area contributed by atoms with Gasteiger partial charge in [-0.15, -0.1) is 0 Å². The van der Waals surface area contributed by atoms with Crippen molar-refractivity contribution >= 4 is 34.9 Å². The third-order valence-corrected chi connectivity index (χ3v) is 3.88. The second kappa shape index (κ2) is 9.00. The Morgan fingerprint density at radius 3 is 2.44 bits per heavy atom. The van der Waals surface area contributed by atoms with Crippen molar-refractivity contribution < 1.29 is 19.2 Å². The first kappa shape index (κ1) is 20.2. The summed E-state index contributed by atoms with van der Waals surface area (Å²) in [7, 11) is 3.38. The fourth-order valence-electron chi connectivity index (χ4n) is 2.25. The van der Waals surface area contributed by atoms with Gasteiger partial charge >= 0.3 is 5.97 Å². The van der Waals surface area contributed by atoms with Crippen molar-refractivity contribution in [3.8, 4) is 0 Å². The molecule has 0 aromatic heterocycles. The van der Waals surface area contributed by atoms with Crippen LogP contribution in [0.4, 0.5) is 11.4 Å². The van der Waals surface area contributed by atoms with E-state index in [-0.39, 0.29) is 17.8 Å². The number of nitro benzene ring substituents is 1. The second-order valence-corrected chi connectivity index (χ2v) is 6.27. The number of halogens is 1. The predicted molar refractivity (Wildman–Crippen MR) is 101 cm³/mol. The number of nitro groups is 1. The van der Waals surface area contributed by atoms with E-state index >= 15 is 0 Å². The molecular weight excluding hydrogens is 374 g/mol.